The molecule has 166 valence electrons. The summed E-state index contributed by atoms with van der Waals surface area (Å²) < 4.78 is 55.4. The second-order valence-electron chi connectivity index (χ2n) is 7.42. The number of aryl methyl sites for hydroxylation is 1. The van der Waals surface area contributed by atoms with Gasteiger partial charge < -0.3 is 9.90 Å². The van der Waals surface area contributed by atoms with E-state index in [1.54, 1.807) is 0 Å². The number of fused-ring (bicyclic) bond motifs is 1. The van der Waals surface area contributed by atoms with Gasteiger partial charge in [0.05, 0.1) is 28.2 Å². The van der Waals surface area contributed by atoms with Crippen LogP contribution in [0.25, 0.3) is 11.3 Å². The number of benzene rings is 2. The third-order valence-electron chi connectivity index (χ3n) is 5.49. The molecule has 0 aliphatic heterocycles. The number of nitrogens with zero attached hydrogens (tertiary/aromatic N) is 1. The molecule has 0 saturated carbocycles. The van der Waals surface area contributed by atoms with Gasteiger partial charge in [-0.15, -0.1) is 0 Å². The molecule has 1 aromatic heterocycles. The number of carboxylic acid groups (broad SMARTS) is 1. The predicted octanol–water partition coefficient (Wildman–Crippen LogP) is 1.56. The quantitative estimate of drug-likeness (QED) is 0.343. The Morgan fingerprint density at radius 1 is 1.18 bits per heavy atom. The summed E-state index contributed by atoms with van der Waals surface area (Å²) in [6.07, 6.45) is -3.60. The van der Waals surface area contributed by atoms with Crippen molar-refractivity contribution in [1.29, 1.82) is 0 Å². The number of Topliss-reactive ketones (excluding diaryl/α,β-unsaturated/α-hetero) is 1. The van der Waals surface area contributed by atoms with Crippen LogP contribution in [0.4, 0.5) is 17.6 Å². The third-order valence-corrected chi connectivity index (χ3v) is 5.81. The van der Waals surface area contributed by atoms with Crippen molar-refractivity contribution in [3.8, 4) is 11.3 Å². The Bertz CT molecular complexity index is 1240. The fourth-order valence-corrected chi connectivity index (χ4v) is 4.33. The van der Waals surface area contributed by atoms with Crippen molar-refractivity contribution >= 4 is 23.4 Å². The number of aromatic nitrogens is 2. The molecule has 5 nitrogen and oxygen atoms in total. The van der Waals surface area contributed by atoms with E-state index in [0.29, 0.717) is 18.5 Å². The second kappa shape index (κ2) is 9.58. The number of hydrogen-bond acceptors (Lipinski definition) is 4. The number of aromatic amines is 1. The SMILES string of the molecule is O=C([O-])c1ccc(-c2n[nH]c3c2C(C(=O)c2c(Cl)cccc2C(F)(F)F)CCC3)c(F)c1.[Na+]. The largest absolute Gasteiger partial charge is 1.00 e. The first-order chi connectivity index (χ1) is 15.1. The fraction of sp³-hybridized carbons (Fsp3) is 0.227. The Kier molecular flexibility index (Phi) is 7.38. The summed E-state index contributed by atoms with van der Waals surface area (Å²) in [5.41, 5.74) is -1.41. The normalized spacial score (nSPS) is 15.5. The van der Waals surface area contributed by atoms with Crippen molar-refractivity contribution < 1.29 is 61.8 Å². The number of H-pyrrole nitrogens is 1. The van der Waals surface area contributed by atoms with E-state index in [9.17, 15) is 32.3 Å². The maximum absolute atomic E-state index is 14.7. The standard InChI is InChI=1S/C22H15ClF4N2O3.Na/c23-14-5-2-4-13(22(25,26)27)18(14)20(30)12-3-1-6-16-17(12)19(29-28-16)11-8-7-10(21(31)32)9-15(11)24;/h2,4-5,7-9,12H,1,3,6H2,(H,28,29)(H,31,32);/q;+1/p-1. The van der Waals surface area contributed by atoms with Crippen molar-refractivity contribution in [2.75, 3.05) is 0 Å². The van der Waals surface area contributed by atoms with Gasteiger partial charge in [-0.1, -0.05) is 23.7 Å². The topological polar surface area (TPSA) is 85.9 Å². The Balaban J connectivity index is 0.00000306. The zero-order valence-corrected chi connectivity index (χ0v) is 20.0. The average Bonchev–Trinajstić information content (AvgIpc) is 3.16. The summed E-state index contributed by atoms with van der Waals surface area (Å²) in [6.45, 7) is 0. The van der Waals surface area contributed by atoms with Gasteiger partial charge in [-0.2, -0.15) is 18.3 Å². The zero-order valence-electron chi connectivity index (χ0n) is 17.2. The number of carbonyl (C=O) groups is 2. The van der Waals surface area contributed by atoms with Crippen LogP contribution >= 0.6 is 11.6 Å². The molecule has 1 aliphatic carbocycles. The van der Waals surface area contributed by atoms with Gasteiger partial charge >= 0.3 is 35.7 Å². The number of carboxylic acids is 1. The zero-order chi connectivity index (χ0) is 23.2. The fourth-order valence-electron chi connectivity index (χ4n) is 4.07. The molecule has 0 bridgehead atoms. The summed E-state index contributed by atoms with van der Waals surface area (Å²) in [4.78, 5) is 24.3. The number of ketones is 1. The van der Waals surface area contributed by atoms with Crippen molar-refractivity contribution in [2.45, 2.75) is 31.4 Å². The molecule has 1 heterocycles. The molecule has 2 aromatic carbocycles. The third kappa shape index (κ3) is 4.73. The Morgan fingerprint density at radius 3 is 2.55 bits per heavy atom. The summed E-state index contributed by atoms with van der Waals surface area (Å²) in [7, 11) is 0. The molecule has 11 heteroatoms. The van der Waals surface area contributed by atoms with Gasteiger partial charge in [0.2, 0.25) is 0 Å². The molecule has 0 saturated heterocycles. The van der Waals surface area contributed by atoms with E-state index < -0.39 is 40.8 Å². The van der Waals surface area contributed by atoms with E-state index >= 15 is 0 Å². The van der Waals surface area contributed by atoms with Gasteiger partial charge in [-0.3, -0.25) is 9.89 Å². The number of alkyl halides is 3. The van der Waals surface area contributed by atoms with Crippen molar-refractivity contribution in [2.24, 2.45) is 0 Å². The molecule has 1 unspecified atom stereocenters. The molecule has 3 aromatic rings. The van der Waals surface area contributed by atoms with Crippen molar-refractivity contribution in [3.05, 3.63) is 75.2 Å². The smallest absolute Gasteiger partial charge is 0.545 e. The summed E-state index contributed by atoms with van der Waals surface area (Å²) in [5.74, 6) is -4.34. The molecule has 0 spiro atoms. The Labute approximate surface area is 212 Å². The van der Waals surface area contributed by atoms with Crippen molar-refractivity contribution in [3.63, 3.8) is 0 Å². The molecular weight excluding hydrogens is 475 g/mol. The van der Waals surface area contributed by atoms with Crippen LogP contribution in [0, 0.1) is 5.82 Å². The van der Waals surface area contributed by atoms with E-state index in [4.69, 9.17) is 11.6 Å². The van der Waals surface area contributed by atoms with Crippen LogP contribution in [0.5, 0.6) is 0 Å². The average molecular weight is 489 g/mol. The molecule has 0 fully saturated rings. The van der Waals surface area contributed by atoms with E-state index in [-0.39, 0.29) is 63.4 Å². The van der Waals surface area contributed by atoms with E-state index in [2.05, 4.69) is 10.2 Å². The molecule has 4 rings (SSSR count). The summed E-state index contributed by atoms with van der Waals surface area (Å²) >= 11 is 6.01. The number of carbonyl (C=O) groups excluding carboxylic acids is 2. The minimum Gasteiger partial charge on any atom is -0.545 e. The van der Waals surface area contributed by atoms with Gasteiger partial charge in [0.15, 0.2) is 5.78 Å². The first-order valence-electron chi connectivity index (χ1n) is 9.58. The van der Waals surface area contributed by atoms with Gasteiger partial charge in [0.25, 0.3) is 0 Å². The van der Waals surface area contributed by atoms with Crippen LogP contribution in [-0.4, -0.2) is 21.9 Å². The van der Waals surface area contributed by atoms with Gasteiger partial charge in [-0.05, 0) is 43.5 Å². The monoisotopic (exact) mass is 488 g/mol. The number of hydrogen-bond donors (Lipinski definition) is 1. The van der Waals surface area contributed by atoms with E-state index in [0.717, 1.165) is 24.3 Å². The first-order valence-corrected chi connectivity index (χ1v) is 9.95. The first kappa shape index (κ1) is 25.4. The number of halogens is 5. The van der Waals surface area contributed by atoms with Crippen LogP contribution < -0.4 is 34.7 Å². The summed E-state index contributed by atoms with van der Waals surface area (Å²) in [6, 6.07) is 6.20. The molecule has 33 heavy (non-hydrogen) atoms. The van der Waals surface area contributed by atoms with Crippen LogP contribution in [-0.2, 0) is 12.6 Å². The van der Waals surface area contributed by atoms with Crippen LogP contribution in [0.1, 0.15) is 56.3 Å². The minimum absolute atomic E-state index is 0. The molecule has 0 radical (unpaired) electrons. The Morgan fingerprint density at radius 2 is 1.91 bits per heavy atom. The molecular formula is C22H14ClF4N2NaO3. The van der Waals surface area contributed by atoms with E-state index in [1.807, 2.05) is 0 Å². The van der Waals surface area contributed by atoms with Crippen LogP contribution in [0.2, 0.25) is 5.02 Å². The molecule has 1 N–H and O–H groups in total. The van der Waals surface area contributed by atoms with Gasteiger partial charge in [-0.25, -0.2) is 4.39 Å². The number of nitrogens with one attached hydrogen (secondary N) is 1. The number of aromatic carboxylic acids is 1. The van der Waals surface area contributed by atoms with Gasteiger partial charge in [0.1, 0.15) is 5.82 Å². The van der Waals surface area contributed by atoms with Crippen LogP contribution in [0.3, 0.4) is 0 Å². The minimum atomic E-state index is -4.79. The number of rotatable bonds is 4. The second-order valence-corrected chi connectivity index (χ2v) is 7.82. The molecule has 1 atom stereocenters. The van der Waals surface area contributed by atoms with Crippen molar-refractivity contribution in [1.82, 2.24) is 10.2 Å². The molecule has 0 amide bonds. The maximum atomic E-state index is 14.7. The summed E-state index contributed by atoms with van der Waals surface area (Å²) in [5, 5.41) is 17.5. The Hall–Kier alpha value is -2.20. The maximum Gasteiger partial charge on any atom is 1.00 e. The predicted molar refractivity (Wildman–Crippen MR) is 105 cm³/mol. The van der Waals surface area contributed by atoms with E-state index in [1.165, 1.54) is 12.1 Å². The van der Waals surface area contributed by atoms with Gasteiger partial charge in [0, 0.05) is 27.9 Å². The van der Waals surface area contributed by atoms with Crippen LogP contribution in [0.15, 0.2) is 36.4 Å². The molecule has 1 aliphatic rings.